The highest BCUT2D eigenvalue weighted by molar-refractivity contribution is 5.89. The minimum Gasteiger partial charge on any atom is -0.481 e. The molecule has 0 fully saturated rings. The summed E-state index contributed by atoms with van der Waals surface area (Å²) in [6, 6.07) is 0. The predicted octanol–water partition coefficient (Wildman–Crippen LogP) is 3.54. The topological polar surface area (TPSA) is 101 Å². The molecule has 2 N–H and O–H groups in total. The van der Waals surface area contributed by atoms with Gasteiger partial charge in [-0.2, -0.15) is 0 Å². The van der Waals surface area contributed by atoms with E-state index >= 15 is 0 Å². The highest BCUT2D eigenvalue weighted by Gasteiger charge is 2.21. The fourth-order valence-electron chi connectivity index (χ4n) is 2.13. The second-order valence-electron chi connectivity index (χ2n) is 5.77. The zero-order chi connectivity index (χ0) is 17.7. The lowest BCUT2D eigenvalue weighted by Crippen LogP contribution is -2.27. The summed E-state index contributed by atoms with van der Waals surface area (Å²) >= 11 is 0. The average Bonchev–Trinajstić information content (AvgIpc) is 2.46. The third-order valence-corrected chi connectivity index (χ3v) is 3.48. The summed E-state index contributed by atoms with van der Waals surface area (Å²) in [6.07, 6.45) is 6.84. The number of carbonyl (C=O) groups excluding carboxylic acids is 1. The summed E-state index contributed by atoms with van der Waals surface area (Å²) in [5, 5.41) is 17.5. The van der Waals surface area contributed by atoms with E-state index in [0.29, 0.717) is 12.8 Å². The monoisotopic (exact) mass is 328 g/mol. The molecule has 0 bridgehead atoms. The molecule has 1 atom stereocenters. The first-order valence-corrected chi connectivity index (χ1v) is 8.15. The quantitative estimate of drug-likeness (QED) is 0.287. The standard InChI is InChI=1S/C17H28O6/c1-13(2)17(22)23-14(16(20)21)11-9-7-5-3-4-6-8-10-12-15(18)19/h14H,1,3-12H2,2H3,(H,18,19)(H,20,21). The Morgan fingerprint density at radius 2 is 1.39 bits per heavy atom. The molecule has 0 radical (unpaired) electrons. The Bertz CT molecular complexity index is 402. The molecular formula is C17H28O6. The number of hydrogen-bond donors (Lipinski definition) is 2. The molecule has 0 aromatic carbocycles. The first-order valence-electron chi connectivity index (χ1n) is 8.15. The molecule has 0 amide bonds. The van der Waals surface area contributed by atoms with Crippen LogP contribution in [0.1, 0.15) is 71.1 Å². The summed E-state index contributed by atoms with van der Waals surface area (Å²) in [5.74, 6) is -2.54. The van der Waals surface area contributed by atoms with Crippen LogP contribution in [-0.2, 0) is 19.1 Å². The van der Waals surface area contributed by atoms with Crippen LogP contribution >= 0.6 is 0 Å². The van der Waals surface area contributed by atoms with E-state index in [1.54, 1.807) is 0 Å². The Morgan fingerprint density at radius 3 is 1.83 bits per heavy atom. The van der Waals surface area contributed by atoms with Gasteiger partial charge in [-0.3, -0.25) is 4.79 Å². The normalized spacial score (nSPS) is 11.7. The molecule has 0 aromatic heterocycles. The van der Waals surface area contributed by atoms with Gasteiger partial charge in [0.1, 0.15) is 0 Å². The summed E-state index contributed by atoms with van der Waals surface area (Å²) < 4.78 is 4.88. The Labute approximate surface area is 137 Å². The maximum atomic E-state index is 11.3. The lowest BCUT2D eigenvalue weighted by molar-refractivity contribution is -0.161. The molecule has 6 nitrogen and oxygen atoms in total. The third-order valence-electron chi connectivity index (χ3n) is 3.48. The van der Waals surface area contributed by atoms with Crippen molar-refractivity contribution in [3.05, 3.63) is 12.2 Å². The maximum Gasteiger partial charge on any atom is 0.345 e. The van der Waals surface area contributed by atoms with Gasteiger partial charge in [-0.05, 0) is 26.2 Å². The molecule has 0 aliphatic heterocycles. The van der Waals surface area contributed by atoms with Gasteiger partial charge in [-0.1, -0.05) is 45.1 Å². The van der Waals surface area contributed by atoms with Crippen molar-refractivity contribution in [3.63, 3.8) is 0 Å². The number of rotatable bonds is 14. The Kier molecular flexibility index (Phi) is 11.7. The van der Waals surface area contributed by atoms with Gasteiger partial charge < -0.3 is 14.9 Å². The van der Waals surface area contributed by atoms with Crippen molar-refractivity contribution < 1.29 is 29.3 Å². The van der Waals surface area contributed by atoms with Crippen molar-refractivity contribution in [3.8, 4) is 0 Å². The largest absolute Gasteiger partial charge is 0.481 e. The van der Waals surface area contributed by atoms with Gasteiger partial charge in [-0.25, -0.2) is 9.59 Å². The molecule has 0 heterocycles. The van der Waals surface area contributed by atoms with E-state index < -0.39 is 24.0 Å². The van der Waals surface area contributed by atoms with Crippen LogP contribution < -0.4 is 0 Å². The molecule has 0 spiro atoms. The number of carboxylic acids is 2. The second-order valence-corrected chi connectivity index (χ2v) is 5.77. The van der Waals surface area contributed by atoms with Gasteiger partial charge >= 0.3 is 17.9 Å². The number of aliphatic carboxylic acids is 2. The van der Waals surface area contributed by atoms with Gasteiger partial charge in [0.05, 0.1) is 0 Å². The van der Waals surface area contributed by atoms with Crippen molar-refractivity contribution in [1.82, 2.24) is 0 Å². The first kappa shape index (κ1) is 21.1. The van der Waals surface area contributed by atoms with E-state index in [9.17, 15) is 14.4 Å². The van der Waals surface area contributed by atoms with Crippen molar-refractivity contribution in [1.29, 1.82) is 0 Å². The van der Waals surface area contributed by atoms with Crippen LogP contribution in [0, 0.1) is 0 Å². The van der Waals surface area contributed by atoms with Crippen LogP contribution in [0.3, 0.4) is 0 Å². The molecule has 6 heteroatoms. The summed E-state index contributed by atoms with van der Waals surface area (Å²) in [4.78, 5) is 32.7. The highest BCUT2D eigenvalue weighted by Crippen LogP contribution is 2.13. The smallest absolute Gasteiger partial charge is 0.345 e. The first-order chi connectivity index (χ1) is 10.8. The van der Waals surface area contributed by atoms with Gasteiger partial charge in [0.2, 0.25) is 0 Å². The van der Waals surface area contributed by atoms with Gasteiger partial charge in [0, 0.05) is 12.0 Å². The lowest BCUT2D eigenvalue weighted by Gasteiger charge is -2.13. The molecule has 1 unspecified atom stereocenters. The number of esters is 1. The van der Waals surface area contributed by atoms with Crippen LogP contribution in [0.2, 0.25) is 0 Å². The number of carboxylic acid groups (broad SMARTS) is 2. The van der Waals surface area contributed by atoms with Crippen molar-refractivity contribution >= 4 is 17.9 Å². The fourth-order valence-corrected chi connectivity index (χ4v) is 2.13. The summed E-state index contributed by atoms with van der Waals surface area (Å²) in [6.45, 7) is 4.91. The van der Waals surface area contributed by atoms with Crippen LogP contribution in [-0.4, -0.2) is 34.2 Å². The molecule has 0 saturated heterocycles. The average molecular weight is 328 g/mol. The van der Waals surface area contributed by atoms with Crippen LogP contribution in [0.15, 0.2) is 12.2 Å². The van der Waals surface area contributed by atoms with Crippen molar-refractivity contribution in [2.24, 2.45) is 0 Å². The van der Waals surface area contributed by atoms with Crippen molar-refractivity contribution in [2.45, 2.75) is 77.2 Å². The molecular weight excluding hydrogens is 300 g/mol. The van der Waals surface area contributed by atoms with E-state index in [1.807, 2.05) is 0 Å². The maximum absolute atomic E-state index is 11.3. The van der Waals surface area contributed by atoms with E-state index in [0.717, 1.165) is 44.9 Å². The molecule has 0 aliphatic carbocycles. The lowest BCUT2D eigenvalue weighted by atomic mass is 10.0. The number of hydrogen-bond acceptors (Lipinski definition) is 4. The van der Waals surface area contributed by atoms with Crippen LogP contribution in [0.4, 0.5) is 0 Å². The van der Waals surface area contributed by atoms with Gasteiger partial charge in [0.25, 0.3) is 0 Å². The minimum absolute atomic E-state index is 0.194. The fraction of sp³-hybridized carbons (Fsp3) is 0.706. The SMILES string of the molecule is C=C(C)C(=O)OC(CCCCCCCCCCC(=O)O)C(=O)O. The molecule has 0 saturated carbocycles. The Balaban J connectivity index is 3.64. The Morgan fingerprint density at radius 1 is 0.913 bits per heavy atom. The Hall–Kier alpha value is -1.85. The number of carbonyl (C=O) groups is 3. The second kappa shape index (κ2) is 12.7. The van der Waals surface area contributed by atoms with Crippen LogP contribution in [0.5, 0.6) is 0 Å². The number of unbranched alkanes of at least 4 members (excludes halogenated alkanes) is 7. The van der Waals surface area contributed by atoms with E-state index in [-0.39, 0.29) is 12.0 Å². The molecule has 0 aliphatic rings. The number of ether oxygens (including phenoxy) is 1. The molecule has 23 heavy (non-hydrogen) atoms. The molecule has 0 rings (SSSR count). The predicted molar refractivity (Wildman–Crippen MR) is 86.1 cm³/mol. The third kappa shape index (κ3) is 12.4. The minimum atomic E-state index is -1.13. The summed E-state index contributed by atoms with van der Waals surface area (Å²) in [5.41, 5.74) is 0.194. The van der Waals surface area contributed by atoms with Gasteiger partial charge in [-0.15, -0.1) is 0 Å². The van der Waals surface area contributed by atoms with E-state index in [1.165, 1.54) is 6.92 Å². The van der Waals surface area contributed by atoms with Crippen molar-refractivity contribution in [2.75, 3.05) is 0 Å². The zero-order valence-electron chi connectivity index (χ0n) is 13.9. The van der Waals surface area contributed by atoms with Gasteiger partial charge in [0.15, 0.2) is 6.10 Å². The summed E-state index contributed by atoms with van der Waals surface area (Å²) in [7, 11) is 0. The molecule has 0 aromatic rings. The molecule has 132 valence electrons. The van der Waals surface area contributed by atoms with E-state index in [4.69, 9.17) is 14.9 Å². The zero-order valence-corrected chi connectivity index (χ0v) is 13.9. The highest BCUT2D eigenvalue weighted by atomic mass is 16.6. The van der Waals surface area contributed by atoms with Crippen LogP contribution in [0.25, 0.3) is 0 Å². The van der Waals surface area contributed by atoms with E-state index in [2.05, 4.69) is 6.58 Å².